The molecular weight excluding hydrogens is 258 g/mol. The molecule has 15 heavy (non-hydrogen) atoms. The van der Waals surface area contributed by atoms with E-state index in [1.54, 1.807) is 0 Å². The fourth-order valence-corrected chi connectivity index (χ4v) is 1.55. The molecule has 1 rings (SSSR count). The van der Waals surface area contributed by atoms with Gasteiger partial charge in [0.1, 0.15) is 16.2 Å². The predicted octanol–water partition coefficient (Wildman–Crippen LogP) is 1.62. The first kappa shape index (κ1) is 12.4. The lowest BCUT2D eigenvalue weighted by atomic mass is 10.3. The minimum absolute atomic E-state index is 0.0523. The minimum atomic E-state index is 0.0523. The van der Waals surface area contributed by atoms with Crippen LogP contribution < -0.4 is 4.90 Å². The summed E-state index contributed by atoms with van der Waals surface area (Å²) in [5.41, 5.74) is 0. The molecule has 0 aliphatic carbocycles. The highest BCUT2D eigenvalue weighted by Crippen LogP contribution is 2.17. The molecule has 0 saturated carbocycles. The molecule has 1 aromatic rings. The Kier molecular flexibility index (Phi) is 4.47. The Labute approximate surface area is 98.5 Å². The lowest BCUT2D eigenvalue weighted by molar-refractivity contribution is 0.269. The summed E-state index contributed by atoms with van der Waals surface area (Å²) in [5.74, 6) is 1.63. The smallest absolute Gasteiger partial charge is 0.133 e. The fourth-order valence-electron chi connectivity index (χ4n) is 1.14. The van der Waals surface area contributed by atoms with Crippen molar-refractivity contribution in [3.63, 3.8) is 0 Å². The summed E-state index contributed by atoms with van der Waals surface area (Å²) in [7, 11) is 1.91. The van der Waals surface area contributed by atoms with Gasteiger partial charge in [0.15, 0.2) is 0 Å². The Morgan fingerprint density at radius 2 is 2.20 bits per heavy atom. The van der Waals surface area contributed by atoms with Crippen molar-refractivity contribution >= 4 is 21.7 Å². The van der Waals surface area contributed by atoms with Crippen molar-refractivity contribution in [2.24, 2.45) is 0 Å². The predicted molar refractivity (Wildman–Crippen MR) is 64.1 cm³/mol. The lowest BCUT2D eigenvalue weighted by Gasteiger charge is -2.24. The zero-order valence-electron chi connectivity index (χ0n) is 9.24. The fraction of sp³-hybridized carbons (Fsp3) is 0.600. The highest BCUT2D eigenvalue weighted by molar-refractivity contribution is 9.10. The lowest BCUT2D eigenvalue weighted by Crippen LogP contribution is -2.32. The third-order valence-electron chi connectivity index (χ3n) is 2.33. The van der Waals surface area contributed by atoms with Crippen molar-refractivity contribution in [1.82, 2.24) is 9.97 Å². The largest absolute Gasteiger partial charge is 0.394 e. The molecule has 0 radical (unpaired) electrons. The van der Waals surface area contributed by atoms with Gasteiger partial charge in [-0.05, 0) is 22.9 Å². The van der Waals surface area contributed by atoms with E-state index in [9.17, 15) is 0 Å². The zero-order chi connectivity index (χ0) is 11.4. The third-order valence-corrected chi connectivity index (χ3v) is 2.74. The molecule has 1 heterocycles. The molecule has 0 saturated heterocycles. The summed E-state index contributed by atoms with van der Waals surface area (Å²) in [6.07, 6.45) is 0.799. The molecule has 0 aromatic carbocycles. The summed E-state index contributed by atoms with van der Waals surface area (Å²) in [4.78, 5) is 10.6. The summed E-state index contributed by atoms with van der Waals surface area (Å²) >= 11 is 3.35. The van der Waals surface area contributed by atoms with Gasteiger partial charge < -0.3 is 10.0 Å². The van der Waals surface area contributed by atoms with Crippen LogP contribution in [-0.2, 0) is 6.42 Å². The summed E-state index contributed by atoms with van der Waals surface area (Å²) in [5, 5.41) is 9.07. The molecule has 4 nitrogen and oxygen atoms in total. The van der Waals surface area contributed by atoms with Crippen LogP contribution in [0.3, 0.4) is 0 Å². The first-order chi connectivity index (χ1) is 7.08. The Bertz CT molecular complexity index is 332. The van der Waals surface area contributed by atoms with Crippen LogP contribution in [0.1, 0.15) is 19.7 Å². The molecule has 0 amide bonds. The van der Waals surface area contributed by atoms with Crippen LogP contribution in [0.5, 0.6) is 0 Å². The molecule has 1 unspecified atom stereocenters. The molecule has 0 aliphatic rings. The molecule has 5 heteroatoms. The van der Waals surface area contributed by atoms with Gasteiger partial charge in [-0.1, -0.05) is 6.92 Å². The SMILES string of the molecule is CCc1nc(Br)cc(N(C)C(C)CO)n1. The minimum Gasteiger partial charge on any atom is -0.394 e. The molecule has 0 bridgehead atoms. The average Bonchev–Trinajstić information content (AvgIpc) is 2.26. The highest BCUT2D eigenvalue weighted by atomic mass is 79.9. The van der Waals surface area contributed by atoms with Gasteiger partial charge in [0.2, 0.25) is 0 Å². The van der Waals surface area contributed by atoms with Gasteiger partial charge in [-0.15, -0.1) is 0 Å². The monoisotopic (exact) mass is 273 g/mol. The zero-order valence-corrected chi connectivity index (χ0v) is 10.8. The first-order valence-corrected chi connectivity index (χ1v) is 5.75. The van der Waals surface area contributed by atoms with E-state index in [-0.39, 0.29) is 12.6 Å². The van der Waals surface area contributed by atoms with Gasteiger partial charge in [-0.2, -0.15) is 0 Å². The molecule has 0 spiro atoms. The second kappa shape index (κ2) is 5.42. The van der Waals surface area contributed by atoms with E-state index >= 15 is 0 Å². The van der Waals surface area contributed by atoms with Gasteiger partial charge in [-0.3, -0.25) is 0 Å². The normalized spacial score (nSPS) is 12.6. The van der Waals surface area contributed by atoms with Crippen LogP contribution in [0.2, 0.25) is 0 Å². The summed E-state index contributed by atoms with van der Waals surface area (Å²) < 4.78 is 0.779. The Balaban J connectivity index is 2.97. The number of aliphatic hydroxyl groups excluding tert-OH is 1. The van der Waals surface area contributed by atoms with Crippen LogP contribution >= 0.6 is 15.9 Å². The van der Waals surface area contributed by atoms with Crippen LogP contribution in [0, 0.1) is 0 Å². The van der Waals surface area contributed by atoms with Gasteiger partial charge >= 0.3 is 0 Å². The topological polar surface area (TPSA) is 49.2 Å². The van der Waals surface area contributed by atoms with Gasteiger partial charge in [0, 0.05) is 19.5 Å². The van der Waals surface area contributed by atoms with Crippen LogP contribution in [-0.4, -0.2) is 34.8 Å². The van der Waals surface area contributed by atoms with E-state index < -0.39 is 0 Å². The number of hydrogen-bond acceptors (Lipinski definition) is 4. The van der Waals surface area contributed by atoms with Gasteiger partial charge in [-0.25, -0.2) is 9.97 Å². The van der Waals surface area contributed by atoms with E-state index in [4.69, 9.17) is 5.11 Å². The summed E-state index contributed by atoms with van der Waals surface area (Å²) in [6, 6.07) is 1.90. The van der Waals surface area contributed by atoms with Gasteiger partial charge in [0.05, 0.1) is 12.6 Å². The van der Waals surface area contributed by atoms with Crippen LogP contribution in [0.4, 0.5) is 5.82 Å². The van der Waals surface area contributed by atoms with Crippen molar-refractivity contribution < 1.29 is 5.11 Å². The summed E-state index contributed by atoms with van der Waals surface area (Å²) in [6.45, 7) is 4.07. The number of halogens is 1. The van der Waals surface area contributed by atoms with Crippen LogP contribution in [0.25, 0.3) is 0 Å². The number of aryl methyl sites for hydroxylation is 1. The van der Waals surface area contributed by atoms with E-state index in [1.165, 1.54) is 0 Å². The average molecular weight is 274 g/mol. The van der Waals surface area contributed by atoms with E-state index in [1.807, 2.05) is 31.9 Å². The molecule has 1 atom stereocenters. The molecule has 1 N–H and O–H groups in total. The van der Waals surface area contributed by atoms with E-state index in [0.29, 0.717) is 0 Å². The standard InChI is InChI=1S/C10H16BrN3O/c1-4-9-12-8(11)5-10(13-9)14(3)7(2)6-15/h5,7,15H,4,6H2,1-3H3. The third kappa shape index (κ3) is 3.14. The number of aliphatic hydroxyl groups is 1. The van der Waals surface area contributed by atoms with Crippen molar-refractivity contribution in [3.05, 3.63) is 16.5 Å². The Morgan fingerprint density at radius 3 is 2.73 bits per heavy atom. The second-order valence-electron chi connectivity index (χ2n) is 3.46. The van der Waals surface area contributed by atoms with Crippen molar-refractivity contribution in [3.8, 4) is 0 Å². The molecule has 84 valence electrons. The number of likely N-dealkylation sites (N-methyl/N-ethyl adjacent to an activating group) is 1. The number of nitrogens with zero attached hydrogens (tertiary/aromatic N) is 3. The number of anilines is 1. The highest BCUT2D eigenvalue weighted by Gasteiger charge is 2.11. The van der Waals surface area contributed by atoms with Crippen molar-refractivity contribution in [1.29, 1.82) is 0 Å². The maximum atomic E-state index is 9.07. The number of rotatable bonds is 4. The van der Waals surface area contributed by atoms with Crippen LogP contribution in [0.15, 0.2) is 10.7 Å². The molecular formula is C10H16BrN3O. The Hall–Kier alpha value is -0.680. The van der Waals surface area contributed by atoms with Gasteiger partial charge in [0.25, 0.3) is 0 Å². The van der Waals surface area contributed by atoms with E-state index in [0.717, 1.165) is 22.7 Å². The number of aromatic nitrogens is 2. The second-order valence-corrected chi connectivity index (χ2v) is 4.27. The first-order valence-electron chi connectivity index (χ1n) is 4.95. The Morgan fingerprint density at radius 1 is 1.53 bits per heavy atom. The maximum absolute atomic E-state index is 9.07. The van der Waals surface area contributed by atoms with E-state index in [2.05, 4.69) is 25.9 Å². The molecule has 0 aliphatic heterocycles. The van der Waals surface area contributed by atoms with Crippen molar-refractivity contribution in [2.75, 3.05) is 18.6 Å². The molecule has 1 aromatic heterocycles. The number of hydrogen-bond donors (Lipinski definition) is 1. The quantitative estimate of drug-likeness (QED) is 0.848. The maximum Gasteiger partial charge on any atom is 0.133 e. The van der Waals surface area contributed by atoms with Crippen molar-refractivity contribution in [2.45, 2.75) is 26.3 Å². The molecule has 0 fully saturated rings.